The van der Waals surface area contributed by atoms with Crippen LogP contribution in [0.1, 0.15) is 31.5 Å². The number of amides is 1. The zero-order valence-corrected chi connectivity index (χ0v) is 13.2. The number of hydrogen-bond donors (Lipinski definition) is 1. The van der Waals surface area contributed by atoms with Crippen molar-refractivity contribution in [2.75, 3.05) is 24.7 Å². The van der Waals surface area contributed by atoms with Crippen LogP contribution >= 0.6 is 11.8 Å². The fourth-order valence-electron chi connectivity index (χ4n) is 3.07. The summed E-state index contributed by atoms with van der Waals surface area (Å²) in [5.74, 6) is 3.38. The molecule has 0 saturated carbocycles. The van der Waals surface area contributed by atoms with E-state index in [0.717, 1.165) is 23.5 Å². The Morgan fingerprint density at radius 1 is 1.38 bits per heavy atom. The van der Waals surface area contributed by atoms with Crippen LogP contribution < -0.4 is 10.1 Å². The molecule has 5 heteroatoms. The number of carbonyl (C=O) groups is 1. The monoisotopic (exact) mass is 306 g/mol. The topological polar surface area (TPSA) is 41.6 Å². The second-order valence-corrected chi connectivity index (χ2v) is 6.61. The van der Waals surface area contributed by atoms with Gasteiger partial charge in [0.2, 0.25) is 5.91 Å². The maximum absolute atomic E-state index is 12.3. The van der Waals surface area contributed by atoms with Crippen LogP contribution in [0.5, 0.6) is 5.75 Å². The molecule has 1 aromatic carbocycles. The van der Waals surface area contributed by atoms with Gasteiger partial charge in [0, 0.05) is 11.8 Å². The molecule has 21 heavy (non-hydrogen) atoms. The molecule has 0 spiro atoms. The number of benzene rings is 1. The predicted octanol–water partition coefficient (Wildman–Crippen LogP) is 2.41. The van der Waals surface area contributed by atoms with E-state index in [4.69, 9.17) is 4.74 Å². The Kier molecular flexibility index (Phi) is 4.70. The molecule has 0 radical (unpaired) electrons. The highest BCUT2D eigenvalue weighted by Crippen LogP contribution is 2.31. The van der Waals surface area contributed by atoms with Crippen molar-refractivity contribution in [3.63, 3.8) is 0 Å². The van der Waals surface area contributed by atoms with Gasteiger partial charge in [-0.1, -0.05) is 12.1 Å². The first kappa shape index (κ1) is 14.7. The average Bonchev–Trinajstić information content (AvgIpc) is 2.91. The average molecular weight is 306 g/mol. The number of rotatable bonds is 4. The zero-order chi connectivity index (χ0) is 14.7. The molecule has 2 heterocycles. The summed E-state index contributed by atoms with van der Waals surface area (Å²) in [4.78, 5) is 14.3. The van der Waals surface area contributed by atoms with E-state index in [2.05, 4.69) is 22.3 Å². The van der Waals surface area contributed by atoms with E-state index in [1.54, 1.807) is 0 Å². The second kappa shape index (κ2) is 6.71. The number of hydrogen-bond acceptors (Lipinski definition) is 4. The molecule has 2 aliphatic heterocycles. The minimum atomic E-state index is 0.0110. The fraction of sp³-hybridized carbons (Fsp3) is 0.562. The SMILES string of the molecule is CCOc1ccc(C2NCC(=O)N2C2CCCSC2)cc1. The Bertz CT molecular complexity index is 486. The number of carbonyl (C=O) groups excluding carboxylic acids is 1. The Balaban J connectivity index is 1.77. The quantitative estimate of drug-likeness (QED) is 0.927. The first-order chi connectivity index (χ1) is 10.3. The molecular formula is C16H22N2O2S. The normalized spacial score (nSPS) is 26.1. The lowest BCUT2D eigenvalue weighted by molar-refractivity contribution is -0.130. The molecule has 2 atom stereocenters. The van der Waals surface area contributed by atoms with Crippen LogP contribution in [0.3, 0.4) is 0 Å². The van der Waals surface area contributed by atoms with E-state index in [1.807, 2.05) is 30.8 Å². The van der Waals surface area contributed by atoms with Gasteiger partial charge in [0.1, 0.15) is 11.9 Å². The lowest BCUT2D eigenvalue weighted by atomic mass is 10.1. The van der Waals surface area contributed by atoms with E-state index in [-0.39, 0.29) is 12.1 Å². The van der Waals surface area contributed by atoms with Crippen LogP contribution in [0.15, 0.2) is 24.3 Å². The molecule has 2 saturated heterocycles. The lowest BCUT2D eigenvalue weighted by Crippen LogP contribution is -2.42. The molecule has 2 aliphatic rings. The number of nitrogens with one attached hydrogen (secondary N) is 1. The highest BCUT2D eigenvalue weighted by molar-refractivity contribution is 7.99. The van der Waals surface area contributed by atoms with Crippen LogP contribution in [0, 0.1) is 0 Å². The Morgan fingerprint density at radius 3 is 2.86 bits per heavy atom. The van der Waals surface area contributed by atoms with Crippen molar-refractivity contribution >= 4 is 17.7 Å². The molecule has 2 fully saturated rings. The fourth-order valence-corrected chi connectivity index (χ4v) is 4.20. The van der Waals surface area contributed by atoms with Gasteiger partial charge in [-0.25, -0.2) is 0 Å². The third-order valence-corrected chi connectivity index (χ3v) is 5.25. The van der Waals surface area contributed by atoms with Crippen molar-refractivity contribution in [3.8, 4) is 5.75 Å². The van der Waals surface area contributed by atoms with E-state index in [9.17, 15) is 4.79 Å². The number of nitrogens with zero attached hydrogens (tertiary/aromatic N) is 1. The highest BCUT2D eigenvalue weighted by atomic mass is 32.2. The summed E-state index contributed by atoms with van der Waals surface area (Å²) >= 11 is 1.96. The molecule has 1 amide bonds. The molecule has 2 unspecified atom stereocenters. The largest absolute Gasteiger partial charge is 0.494 e. The van der Waals surface area contributed by atoms with Crippen LogP contribution in [0.25, 0.3) is 0 Å². The van der Waals surface area contributed by atoms with Gasteiger partial charge in [-0.2, -0.15) is 11.8 Å². The molecule has 1 N–H and O–H groups in total. The van der Waals surface area contributed by atoms with Crippen LogP contribution in [0.2, 0.25) is 0 Å². The van der Waals surface area contributed by atoms with Crippen molar-refractivity contribution in [2.24, 2.45) is 0 Å². The molecule has 3 rings (SSSR count). The van der Waals surface area contributed by atoms with E-state index < -0.39 is 0 Å². The highest BCUT2D eigenvalue weighted by Gasteiger charge is 2.37. The third kappa shape index (κ3) is 3.19. The van der Waals surface area contributed by atoms with Crippen LogP contribution in [0.4, 0.5) is 0 Å². The Hall–Kier alpha value is -1.20. The molecule has 0 aromatic heterocycles. The van der Waals surface area contributed by atoms with Gasteiger partial charge >= 0.3 is 0 Å². The Labute approximate surface area is 130 Å². The second-order valence-electron chi connectivity index (χ2n) is 5.46. The van der Waals surface area contributed by atoms with E-state index >= 15 is 0 Å². The summed E-state index contributed by atoms with van der Waals surface area (Å²) in [6, 6.07) is 8.45. The summed E-state index contributed by atoms with van der Waals surface area (Å²) in [6.07, 6.45) is 2.33. The standard InChI is InChI=1S/C16H22N2O2S/c1-2-20-14-7-5-12(6-8-14)16-17-10-15(19)18(16)13-4-3-9-21-11-13/h5-8,13,16-17H,2-4,9-11H2,1H3. The van der Waals surface area contributed by atoms with Crippen LogP contribution in [-0.4, -0.2) is 41.5 Å². The van der Waals surface area contributed by atoms with Gasteiger partial charge < -0.3 is 9.64 Å². The minimum absolute atomic E-state index is 0.0110. The number of thioether (sulfide) groups is 1. The lowest BCUT2D eigenvalue weighted by Gasteiger charge is -2.35. The molecule has 0 aliphatic carbocycles. The summed E-state index contributed by atoms with van der Waals surface area (Å²) in [7, 11) is 0. The maximum Gasteiger partial charge on any atom is 0.238 e. The smallest absolute Gasteiger partial charge is 0.238 e. The van der Waals surface area contributed by atoms with Crippen molar-refractivity contribution in [1.29, 1.82) is 0 Å². The van der Waals surface area contributed by atoms with Gasteiger partial charge in [-0.15, -0.1) is 0 Å². The van der Waals surface area contributed by atoms with Gasteiger partial charge in [0.05, 0.1) is 13.2 Å². The van der Waals surface area contributed by atoms with Crippen molar-refractivity contribution in [3.05, 3.63) is 29.8 Å². The zero-order valence-electron chi connectivity index (χ0n) is 12.4. The van der Waals surface area contributed by atoms with E-state index in [1.165, 1.54) is 12.2 Å². The molecule has 1 aromatic rings. The van der Waals surface area contributed by atoms with Crippen molar-refractivity contribution in [1.82, 2.24) is 10.2 Å². The van der Waals surface area contributed by atoms with E-state index in [0.29, 0.717) is 19.2 Å². The third-order valence-electron chi connectivity index (χ3n) is 4.05. The Morgan fingerprint density at radius 2 is 2.19 bits per heavy atom. The van der Waals surface area contributed by atoms with Crippen LogP contribution in [-0.2, 0) is 4.79 Å². The van der Waals surface area contributed by atoms with Gasteiger partial charge in [-0.3, -0.25) is 10.1 Å². The first-order valence-electron chi connectivity index (χ1n) is 7.64. The van der Waals surface area contributed by atoms with Crippen molar-refractivity contribution in [2.45, 2.75) is 32.0 Å². The summed E-state index contributed by atoms with van der Waals surface area (Å²) in [5.41, 5.74) is 1.14. The van der Waals surface area contributed by atoms with Gasteiger partial charge in [0.25, 0.3) is 0 Å². The molecule has 0 bridgehead atoms. The molecular weight excluding hydrogens is 284 g/mol. The van der Waals surface area contributed by atoms with Crippen molar-refractivity contribution < 1.29 is 9.53 Å². The predicted molar refractivity (Wildman–Crippen MR) is 85.5 cm³/mol. The van der Waals surface area contributed by atoms with Gasteiger partial charge in [-0.05, 0) is 43.2 Å². The molecule has 114 valence electrons. The first-order valence-corrected chi connectivity index (χ1v) is 8.80. The summed E-state index contributed by atoms with van der Waals surface area (Å²) in [5, 5.41) is 3.35. The summed E-state index contributed by atoms with van der Waals surface area (Å²) < 4.78 is 5.48. The van der Waals surface area contributed by atoms with Gasteiger partial charge in [0.15, 0.2) is 0 Å². The maximum atomic E-state index is 12.3. The summed E-state index contributed by atoms with van der Waals surface area (Å²) in [6.45, 7) is 3.09. The minimum Gasteiger partial charge on any atom is -0.494 e. The number of ether oxygens (including phenoxy) is 1. The molecule has 4 nitrogen and oxygen atoms in total.